The van der Waals surface area contributed by atoms with Crippen LogP contribution in [0.5, 0.6) is 0 Å². The first kappa shape index (κ1) is 19.7. The molecule has 0 aromatic rings. The lowest BCUT2D eigenvalue weighted by atomic mass is 9.47. The van der Waals surface area contributed by atoms with Gasteiger partial charge in [-0.3, -0.25) is 0 Å². The molecular formula is C26H42O. The van der Waals surface area contributed by atoms with Crippen molar-refractivity contribution >= 4 is 0 Å². The lowest BCUT2D eigenvalue weighted by Gasteiger charge is -2.57. The molecule has 0 saturated heterocycles. The Bertz CT molecular complexity index is 616. The zero-order chi connectivity index (χ0) is 19.4. The maximum Gasteiger partial charge on any atom is 0.0543 e. The van der Waals surface area contributed by atoms with Crippen LogP contribution in [0, 0.1) is 46.3 Å². The number of rotatable bonds is 3. The van der Waals surface area contributed by atoms with E-state index in [1.807, 2.05) is 5.57 Å². The van der Waals surface area contributed by atoms with Crippen LogP contribution in [0.3, 0.4) is 0 Å². The molecule has 0 bridgehead atoms. The van der Waals surface area contributed by atoms with Crippen LogP contribution in [0.4, 0.5) is 0 Å². The fourth-order valence-corrected chi connectivity index (χ4v) is 7.93. The first-order valence-electron chi connectivity index (χ1n) is 11.8. The van der Waals surface area contributed by atoms with Gasteiger partial charge in [0.05, 0.1) is 6.10 Å². The van der Waals surface area contributed by atoms with Gasteiger partial charge in [0.1, 0.15) is 0 Å². The number of aliphatic hydroxyl groups is 1. The minimum absolute atomic E-state index is 0.0451. The van der Waals surface area contributed by atoms with Crippen molar-refractivity contribution in [1.29, 1.82) is 0 Å². The highest BCUT2D eigenvalue weighted by molar-refractivity contribution is 5.28. The Labute approximate surface area is 167 Å². The van der Waals surface area contributed by atoms with E-state index in [1.54, 1.807) is 0 Å². The van der Waals surface area contributed by atoms with E-state index >= 15 is 0 Å². The summed E-state index contributed by atoms with van der Waals surface area (Å²) >= 11 is 0. The van der Waals surface area contributed by atoms with E-state index in [0.717, 1.165) is 30.6 Å². The third-order valence-corrected chi connectivity index (χ3v) is 9.56. The largest absolute Gasteiger partial charge is 0.393 e. The SMILES string of the molecule is CC(C)C=CC(C)C1CCC2C3=CCC4CC(O)CCC4(C)C3CCC21C. The minimum atomic E-state index is -0.0451. The molecule has 8 atom stereocenters. The van der Waals surface area contributed by atoms with Crippen molar-refractivity contribution in [2.45, 2.75) is 92.1 Å². The van der Waals surface area contributed by atoms with E-state index in [2.05, 4.69) is 52.8 Å². The number of allylic oxidation sites excluding steroid dienone is 4. The van der Waals surface area contributed by atoms with Crippen LogP contribution in [0.1, 0.15) is 86.0 Å². The summed E-state index contributed by atoms with van der Waals surface area (Å²) in [5.74, 6) is 4.54. The van der Waals surface area contributed by atoms with Crippen molar-refractivity contribution in [2.24, 2.45) is 46.3 Å². The molecule has 4 aliphatic carbocycles. The highest BCUT2D eigenvalue weighted by Gasteiger charge is 2.57. The van der Waals surface area contributed by atoms with E-state index in [0.29, 0.717) is 28.6 Å². The van der Waals surface area contributed by atoms with Gasteiger partial charge < -0.3 is 5.11 Å². The summed E-state index contributed by atoms with van der Waals surface area (Å²) in [6.07, 6.45) is 17.7. The third-order valence-electron chi connectivity index (χ3n) is 9.56. The molecule has 4 rings (SSSR count). The Hall–Kier alpha value is -0.560. The summed E-state index contributed by atoms with van der Waals surface area (Å²) in [7, 11) is 0. The molecule has 152 valence electrons. The normalized spacial score (nSPS) is 48.1. The summed E-state index contributed by atoms with van der Waals surface area (Å²) in [4.78, 5) is 0. The summed E-state index contributed by atoms with van der Waals surface area (Å²) in [5, 5.41) is 10.2. The predicted octanol–water partition coefficient (Wildman–Crippen LogP) is 6.77. The van der Waals surface area contributed by atoms with Gasteiger partial charge in [0.2, 0.25) is 0 Å². The van der Waals surface area contributed by atoms with Crippen LogP contribution in [0.25, 0.3) is 0 Å². The van der Waals surface area contributed by atoms with E-state index in [1.165, 1.54) is 38.5 Å². The summed E-state index contributed by atoms with van der Waals surface area (Å²) in [6, 6.07) is 0. The molecule has 3 fully saturated rings. The van der Waals surface area contributed by atoms with Gasteiger partial charge in [0, 0.05) is 0 Å². The summed E-state index contributed by atoms with van der Waals surface area (Å²) in [5.41, 5.74) is 2.80. The van der Waals surface area contributed by atoms with Gasteiger partial charge >= 0.3 is 0 Å². The van der Waals surface area contributed by atoms with Crippen LogP contribution in [-0.4, -0.2) is 11.2 Å². The third kappa shape index (κ3) is 3.17. The van der Waals surface area contributed by atoms with Crippen LogP contribution >= 0.6 is 0 Å². The number of hydrogen-bond donors (Lipinski definition) is 1. The molecule has 1 N–H and O–H groups in total. The molecule has 4 aliphatic rings. The maximum atomic E-state index is 10.2. The van der Waals surface area contributed by atoms with Crippen molar-refractivity contribution in [3.05, 3.63) is 23.8 Å². The van der Waals surface area contributed by atoms with E-state index in [4.69, 9.17) is 0 Å². The second-order valence-corrected chi connectivity index (χ2v) is 11.4. The monoisotopic (exact) mass is 370 g/mol. The van der Waals surface area contributed by atoms with Gasteiger partial charge in [-0.2, -0.15) is 0 Å². The topological polar surface area (TPSA) is 20.2 Å². The molecule has 1 heteroatoms. The lowest BCUT2D eigenvalue weighted by Crippen LogP contribution is -2.49. The molecule has 1 nitrogen and oxygen atoms in total. The zero-order valence-corrected chi connectivity index (χ0v) is 18.4. The molecule has 27 heavy (non-hydrogen) atoms. The van der Waals surface area contributed by atoms with Gasteiger partial charge in [-0.15, -0.1) is 0 Å². The van der Waals surface area contributed by atoms with Crippen molar-refractivity contribution < 1.29 is 5.11 Å². The standard InChI is InChI=1S/C26H42O/c1-17(2)6-7-18(3)22-10-11-23-21-9-8-19-16-20(27)12-14-25(19,4)24(21)13-15-26(22,23)5/h6-7,9,17-20,22-24,27H,8,10-16H2,1-5H3. The van der Waals surface area contributed by atoms with Crippen molar-refractivity contribution in [1.82, 2.24) is 0 Å². The average Bonchev–Trinajstić information content (AvgIpc) is 2.97. The molecule has 0 radical (unpaired) electrons. The van der Waals surface area contributed by atoms with E-state index in [9.17, 15) is 5.11 Å². The predicted molar refractivity (Wildman–Crippen MR) is 114 cm³/mol. The number of aliphatic hydroxyl groups excluding tert-OH is 1. The quantitative estimate of drug-likeness (QED) is 0.543. The van der Waals surface area contributed by atoms with E-state index in [-0.39, 0.29) is 6.10 Å². The first-order valence-corrected chi connectivity index (χ1v) is 11.8. The Morgan fingerprint density at radius 2 is 1.67 bits per heavy atom. The maximum absolute atomic E-state index is 10.2. The lowest BCUT2D eigenvalue weighted by molar-refractivity contribution is -0.0414. The van der Waals surface area contributed by atoms with Crippen LogP contribution in [-0.2, 0) is 0 Å². The summed E-state index contributed by atoms with van der Waals surface area (Å²) in [6.45, 7) is 12.3. The Morgan fingerprint density at radius 1 is 0.963 bits per heavy atom. The molecule has 0 aromatic carbocycles. The average molecular weight is 371 g/mol. The van der Waals surface area contributed by atoms with E-state index < -0.39 is 0 Å². The van der Waals surface area contributed by atoms with Crippen LogP contribution in [0.15, 0.2) is 23.8 Å². The summed E-state index contributed by atoms with van der Waals surface area (Å²) < 4.78 is 0. The van der Waals surface area contributed by atoms with Crippen molar-refractivity contribution in [2.75, 3.05) is 0 Å². The molecule has 0 heterocycles. The highest BCUT2D eigenvalue weighted by Crippen LogP contribution is 2.66. The fourth-order valence-electron chi connectivity index (χ4n) is 7.93. The Balaban J connectivity index is 1.58. The van der Waals surface area contributed by atoms with Gasteiger partial charge in [-0.1, -0.05) is 58.4 Å². The molecule has 3 saturated carbocycles. The number of fused-ring (bicyclic) bond motifs is 5. The Kier molecular flexibility index (Phi) is 5.15. The smallest absolute Gasteiger partial charge is 0.0543 e. The van der Waals surface area contributed by atoms with Crippen LogP contribution < -0.4 is 0 Å². The first-order chi connectivity index (χ1) is 12.8. The van der Waals surface area contributed by atoms with Gasteiger partial charge in [0.15, 0.2) is 0 Å². The van der Waals surface area contributed by atoms with Gasteiger partial charge in [0.25, 0.3) is 0 Å². The van der Waals surface area contributed by atoms with Crippen LogP contribution in [0.2, 0.25) is 0 Å². The molecule has 0 amide bonds. The van der Waals surface area contributed by atoms with Crippen molar-refractivity contribution in [3.8, 4) is 0 Å². The zero-order valence-electron chi connectivity index (χ0n) is 18.4. The molecular weight excluding hydrogens is 328 g/mol. The highest BCUT2D eigenvalue weighted by atomic mass is 16.3. The molecule has 8 unspecified atom stereocenters. The molecule has 0 aliphatic heterocycles. The van der Waals surface area contributed by atoms with Crippen molar-refractivity contribution in [3.63, 3.8) is 0 Å². The second kappa shape index (κ2) is 7.05. The fraction of sp³-hybridized carbons (Fsp3) is 0.846. The van der Waals surface area contributed by atoms with Gasteiger partial charge in [-0.25, -0.2) is 0 Å². The minimum Gasteiger partial charge on any atom is -0.393 e. The Morgan fingerprint density at radius 3 is 2.41 bits per heavy atom. The molecule has 0 spiro atoms. The second-order valence-electron chi connectivity index (χ2n) is 11.4. The number of hydrogen-bond acceptors (Lipinski definition) is 1. The van der Waals surface area contributed by atoms with Gasteiger partial charge in [-0.05, 0) is 97.7 Å². The molecule has 0 aromatic heterocycles.